The molecule has 2 aromatic carbocycles. The Hall–Kier alpha value is -3.70. The molecular weight excluding hydrogens is 651 g/mol. The lowest BCUT2D eigenvalue weighted by Crippen LogP contribution is -2.44. The SMILES string of the molecule is CC(=N)[C@@H]1C[N@]1C1CC(Oc2nc(OC[C@@]34CCCN3C[C@H](F)C4)nc3c(F)c(-c4ccc(F)c5sc(N)c(C#N)c45)c(Cl)cc23)C1. The first kappa shape index (κ1) is 30.6. The van der Waals surface area contributed by atoms with Crippen LogP contribution in [-0.4, -0.2) is 81.6 Å². The van der Waals surface area contributed by atoms with Crippen LogP contribution in [0, 0.1) is 28.4 Å². The first-order valence-corrected chi connectivity index (χ1v) is 16.9. The Morgan fingerprint density at radius 2 is 2.09 bits per heavy atom. The molecule has 0 bridgehead atoms. The number of fused-ring (bicyclic) bond motifs is 3. The third-order valence-electron chi connectivity index (χ3n) is 10.2. The van der Waals surface area contributed by atoms with Crippen LogP contribution >= 0.6 is 22.9 Å². The van der Waals surface area contributed by atoms with Gasteiger partial charge in [0.25, 0.3) is 0 Å². The molecule has 1 aliphatic carbocycles. The molecule has 3 N–H and O–H groups in total. The molecule has 0 amide bonds. The summed E-state index contributed by atoms with van der Waals surface area (Å²) in [6.45, 7) is 3.96. The summed E-state index contributed by atoms with van der Waals surface area (Å²) in [6, 6.07) is 6.47. The predicted molar refractivity (Wildman–Crippen MR) is 174 cm³/mol. The molecule has 4 fully saturated rings. The van der Waals surface area contributed by atoms with Crippen molar-refractivity contribution in [3.63, 3.8) is 0 Å². The molecular formula is C33H31ClF3N7O2S. The van der Waals surface area contributed by atoms with Crippen molar-refractivity contribution in [1.82, 2.24) is 19.8 Å². The van der Waals surface area contributed by atoms with Gasteiger partial charge in [-0.3, -0.25) is 9.80 Å². The summed E-state index contributed by atoms with van der Waals surface area (Å²) in [5, 5.41) is 18.3. The monoisotopic (exact) mass is 681 g/mol. The zero-order valence-electron chi connectivity index (χ0n) is 25.5. The number of aromatic nitrogens is 2. The van der Waals surface area contributed by atoms with Crippen LogP contribution in [0.5, 0.6) is 11.9 Å². The minimum absolute atomic E-state index is 0.000931. The van der Waals surface area contributed by atoms with Crippen LogP contribution in [0.3, 0.4) is 0 Å². The topological polar surface area (TPSA) is 124 Å². The molecule has 8 rings (SSSR count). The Balaban J connectivity index is 1.19. The molecule has 1 saturated carbocycles. The Bertz CT molecular complexity index is 2010. The van der Waals surface area contributed by atoms with E-state index < -0.39 is 23.3 Å². The number of nitrogen functional groups attached to an aromatic ring is 1. The van der Waals surface area contributed by atoms with E-state index in [4.69, 9.17) is 32.2 Å². The third kappa shape index (κ3) is 4.99. The number of thiophene rings is 1. The molecule has 4 aromatic rings. The van der Waals surface area contributed by atoms with Crippen LogP contribution in [0.25, 0.3) is 32.1 Å². The molecule has 9 nitrogen and oxygen atoms in total. The molecule has 3 aliphatic heterocycles. The van der Waals surface area contributed by atoms with Gasteiger partial charge in [0.1, 0.15) is 41.3 Å². The van der Waals surface area contributed by atoms with Crippen molar-refractivity contribution >= 4 is 54.6 Å². The zero-order valence-corrected chi connectivity index (χ0v) is 27.0. The molecule has 0 radical (unpaired) electrons. The van der Waals surface area contributed by atoms with Crippen molar-refractivity contribution in [2.45, 2.75) is 68.9 Å². The number of nitrogens with one attached hydrogen (secondary N) is 1. The second-order valence-electron chi connectivity index (χ2n) is 13.1. The second-order valence-corrected chi connectivity index (χ2v) is 14.6. The molecule has 3 saturated heterocycles. The Morgan fingerprint density at radius 3 is 2.83 bits per heavy atom. The van der Waals surface area contributed by atoms with Gasteiger partial charge in [0, 0.05) is 55.1 Å². The van der Waals surface area contributed by atoms with Gasteiger partial charge in [-0.05, 0) is 44.0 Å². The molecule has 0 unspecified atom stereocenters. The van der Waals surface area contributed by atoms with Gasteiger partial charge in [-0.15, -0.1) is 11.3 Å². The zero-order chi connectivity index (χ0) is 32.8. The van der Waals surface area contributed by atoms with E-state index in [9.17, 15) is 14.0 Å². The summed E-state index contributed by atoms with van der Waals surface area (Å²) in [5.41, 5.74) is 6.28. The highest BCUT2D eigenvalue weighted by Gasteiger charge is 2.50. The van der Waals surface area contributed by atoms with Crippen LogP contribution in [0.2, 0.25) is 5.02 Å². The largest absolute Gasteiger partial charge is 0.474 e. The number of halogens is 4. The lowest BCUT2D eigenvalue weighted by Gasteiger charge is -2.36. The second kappa shape index (κ2) is 11.2. The predicted octanol–water partition coefficient (Wildman–Crippen LogP) is 6.49. The number of ether oxygens (including phenoxy) is 2. The molecule has 244 valence electrons. The summed E-state index contributed by atoms with van der Waals surface area (Å²) >= 11 is 7.68. The van der Waals surface area contributed by atoms with Gasteiger partial charge in [0.15, 0.2) is 5.82 Å². The van der Waals surface area contributed by atoms with Gasteiger partial charge in [0.05, 0.1) is 32.3 Å². The van der Waals surface area contributed by atoms with Crippen LogP contribution < -0.4 is 15.2 Å². The van der Waals surface area contributed by atoms with Gasteiger partial charge in [-0.1, -0.05) is 17.7 Å². The van der Waals surface area contributed by atoms with E-state index in [2.05, 4.69) is 19.8 Å². The number of nitrogens with zero attached hydrogens (tertiary/aromatic N) is 5. The standard InChI is InChI=1S/C33H31ClF3N7O2S/c1-15(39)24-13-44(24)17-7-18(8-17)46-31-20-9-22(34)26(19-3-4-23(36)29-25(19)21(11-38)30(40)47-29)27(37)28(20)41-32(42-31)45-14-33-5-2-6-43(33)12-16(35)10-33/h3-4,9,16-18,24,39H,2,5-8,10,12-14,40H2,1H3/t16-,17?,18?,24+,33+,44-/m1/s1. The van der Waals surface area contributed by atoms with Gasteiger partial charge in [0.2, 0.25) is 5.88 Å². The Morgan fingerprint density at radius 1 is 1.28 bits per heavy atom. The average molecular weight is 682 g/mol. The first-order chi connectivity index (χ1) is 22.6. The van der Waals surface area contributed by atoms with Crippen molar-refractivity contribution in [2.24, 2.45) is 0 Å². The minimum Gasteiger partial charge on any atom is -0.474 e. The quantitative estimate of drug-likeness (QED) is 0.160. The summed E-state index contributed by atoms with van der Waals surface area (Å²) in [7, 11) is 0. The van der Waals surface area contributed by atoms with Gasteiger partial charge in [-0.2, -0.15) is 15.2 Å². The number of alkyl halides is 1. The van der Waals surface area contributed by atoms with E-state index in [1.54, 1.807) is 0 Å². The smallest absolute Gasteiger partial charge is 0.320 e. The molecule has 4 aliphatic rings. The lowest BCUT2D eigenvalue weighted by atomic mass is 9.89. The lowest BCUT2D eigenvalue weighted by molar-refractivity contribution is 0.0549. The number of hydrogen-bond donors (Lipinski definition) is 2. The van der Waals surface area contributed by atoms with Crippen LogP contribution in [0.1, 0.15) is 44.6 Å². The molecule has 47 heavy (non-hydrogen) atoms. The highest BCUT2D eigenvalue weighted by Crippen LogP contribution is 2.47. The Kier molecular flexibility index (Phi) is 7.29. The minimum atomic E-state index is -0.945. The van der Waals surface area contributed by atoms with E-state index in [0.29, 0.717) is 18.7 Å². The fraction of sp³-hybridized carbons (Fsp3) is 0.455. The molecule has 0 spiro atoms. The summed E-state index contributed by atoms with van der Waals surface area (Å²) in [6.07, 6.45) is 2.36. The molecule has 4 atom stereocenters. The maximum Gasteiger partial charge on any atom is 0.320 e. The number of nitriles is 1. The van der Waals surface area contributed by atoms with Crippen molar-refractivity contribution in [3.05, 3.63) is 40.4 Å². The molecule has 5 heterocycles. The fourth-order valence-electron chi connectivity index (χ4n) is 7.71. The third-order valence-corrected chi connectivity index (χ3v) is 11.6. The number of hydrogen-bond acceptors (Lipinski definition) is 10. The highest BCUT2D eigenvalue weighted by molar-refractivity contribution is 7.23. The maximum atomic E-state index is 16.8. The normalized spacial score (nSPS) is 28.3. The van der Waals surface area contributed by atoms with Crippen LogP contribution in [0.15, 0.2) is 18.2 Å². The van der Waals surface area contributed by atoms with Crippen molar-refractivity contribution in [3.8, 4) is 29.1 Å². The fourth-order valence-corrected chi connectivity index (χ4v) is 8.95. The van der Waals surface area contributed by atoms with Gasteiger partial charge >= 0.3 is 6.01 Å². The van der Waals surface area contributed by atoms with E-state index in [1.807, 2.05) is 13.0 Å². The van der Waals surface area contributed by atoms with Crippen molar-refractivity contribution < 1.29 is 22.6 Å². The van der Waals surface area contributed by atoms with Crippen molar-refractivity contribution in [2.75, 3.05) is 32.0 Å². The Labute approximate surface area is 277 Å². The van der Waals surface area contributed by atoms with Gasteiger partial charge in [-0.25, -0.2) is 13.2 Å². The number of nitrogens with two attached hydrogens (primary N) is 1. The van der Waals surface area contributed by atoms with E-state index >= 15 is 4.39 Å². The first-order valence-electron chi connectivity index (χ1n) is 15.7. The van der Waals surface area contributed by atoms with Crippen molar-refractivity contribution in [1.29, 1.82) is 10.7 Å². The van der Waals surface area contributed by atoms with Crippen LogP contribution in [-0.2, 0) is 0 Å². The van der Waals surface area contributed by atoms with Gasteiger partial charge < -0.3 is 20.6 Å². The average Bonchev–Trinajstić information content (AvgIpc) is 3.45. The number of rotatable bonds is 8. The summed E-state index contributed by atoms with van der Waals surface area (Å²) < 4.78 is 58.7. The van der Waals surface area contributed by atoms with E-state index in [1.165, 1.54) is 18.2 Å². The summed E-state index contributed by atoms with van der Waals surface area (Å²) in [4.78, 5) is 13.4. The highest BCUT2D eigenvalue weighted by atomic mass is 35.5. The number of anilines is 1. The van der Waals surface area contributed by atoms with E-state index in [-0.39, 0.29) is 84.4 Å². The molecule has 14 heteroatoms. The summed E-state index contributed by atoms with van der Waals surface area (Å²) in [5.74, 6) is -1.28. The molecule has 2 aromatic heterocycles. The number of benzene rings is 2. The van der Waals surface area contributed by atoms with E-state index in [0.717, 1.165) is 50.1 Å². The maximum absolute atomic E-state index is 16.8. The van der Waals surface area contributed by atoms with Crippen LogP contribution in [0.4, 0.5) is 18.2 Å².